The number of hydrogen-bond acceptors (Lipinski definition) is 4. The zero-order valence-corrected chi connectivity index (χ0v) is 14.0. The lowest BCUT2D eigenvalue weighted by molar-refractivity contribution is -0.124. The molecule has 0 saturated heterocycles. The number of benzene rings is 2. The molecule has 0 bridgehead atoms. The zero-order chi connectivity index (χ0) is 17.4. The highest BCUT2D eigenvalue weighted by atomic mass is 35.5. The van der Waals surface area contributed by atoms with E-state index >= 15 is 0 Å². The molecule has 0 aromatic heterocycles. The second-order valence-corrected chi connectivity index (χ2v) is 5.34. The van der Waals surface area contributed by atoms with Crippen LogP contribution < -0.4 is 10.1 Å². The molecule has 1 N–H and O–H groups in total. The minimum absolute atomic E-state index is 0.296. The quantitative estimate of drug-likeness (QED) is 0.781. The molecule has 0 aliphatic heterocycles. The maximum atomic E-state index is 12.1. The van der Waals surface area contributed by atoms with Crippen LogP contribution in [-0.4, -0.2) is 25.1 Å². The number of ether oxygens (including phenoxy) is 2. The van der Waals surface area contributed by atoms with Gasteiger partial charge in [0, 0.05) is 11.6 Å². The molecule has 24 heavy (non-hydrogen) atoms. The van der Waals surface area contributed by atoms with Crippen LogP contribution in [-0.2, 0) is 16.1 Å². The van der Waals surface area contributed by atoms with Crippen LogP contribution in [0.4, 0.5) is 0 Å². The molecule has 0 radical (unpaired) electrons. The number of para-hydroxylation sites is 1. The molecule has 2 rings (SSSR count). The summed E-state index contributed by atoms with van der Waals surface area (Å²) < 4.78 is 10.4. The summed E-state index contributed by atoms with van der Waals surface area (Å²) in [5.41, 5.74) is 1.20. The number of hydrogen-bond donors (Lipinski definition) is 1. The highest BCUT2D eigenvalue weighted by Gasteiger charge is 2.14. The number of rotatable bonds is 7. The molecule has 0 saturated carbocycles. The fourth-order valence-electron chi connectivity index (χ4n) is 1.98. The van der Waals surface area contributed by atoms with Crippen molar-refractivity contribution in [1.82, 2.24) is 5.32 Å². The second-order valence-electron chi connectivity index (χ2n) is 4.91. The summed E-state index contributed by atoms with van der Waals surface area (Å²) in [7, 11) is 0. The largest absolute Gasteiger partial charge is 0.493 e. The van der Waals surface area contributed by atoms with Crippen LogP contribution in [0.25, 0.3) is 0 Å². The minimum atomic E-state index is -0.597. The topological polar surface area (TPSA) is 64.6 Å². The number of esters is 1. The Morgan fingerprint density at radius 1 is 1.08 bits per heavy atom. The predicted octanol–water partition coefficient (Wildman–Crippen LogP) is 3.21. The first-order chi connectivity index (χ1) is 11.6. The minimum Gasteiger partial charge on any atom is -0.493 e. The van der Waals surface area contributed by atoms with E-state index in [0.717, 1.165) is 5.56 Å². The van der Waals surface area contributed by atoms with Crippen LogP contribution >= 0.6 is 11.6 Å². The number of carbonyl (C=O) groups is 2. The van der Waals surface area contributed by atoms with Gasteiger partial charge in [-0.3, -0.25) is 4.79 Å². The first-order valence-corrected chi connectivity index (χ1v) is 7.88. The van der Waals surface area contributed by atoms with E-state index in [-0.39, 0.29) is 12.5 Å². The molecule has 2 aromatic rings. The fraction of sp³-hybridized carbons (Fsp3) is 0.222. The number of halogens is 1. The van der Waals surface area contributed by atoms with Gasteiger partial charge >= 0.3 is 5.97 Å². The van der Waals surface area contributed by atoms with Crippen LogP contribution in [0.3, 0.4) is 0 Å². The van der Waals surface area contributed by atoms with Gasteiger partial charge < -0.3 is 14.8 Å². The van der Waals surface area contributed by atoms with Gasteiger partial charge in [-0.15, -0.1) is 0 Å². The van der Waals surface area contributed by atoms with Crippen LogP contribution in [0.5, 0.6) is 5.75 Å². The number of amides is 1. The summed E-state index contributed by atoms with van der Waals surface area (Å²) >= 11 is 5.80. The third-order valence-corrected chi connectivity index (χ3v) is 3.40. The number of nitrogens with one attached hydrogen (secondary N) is 1. The van der Waals surface area contributed by atoms with Crippen LogP contribution in [0, 0.1) is 0 Å². The van der Waals surface area contributed by atoms with E-state index in [1.54, 1.807) is 36.4 Å². The van der Waals surface area contributed by atoms with Gasteiger partial charge in [0.25, 0.3) is 5.91 Å². The molecule has 5 nitrogen and oxygen atoms in total. The van der Waals surface area contributed by atoms with E-state index in [0.29, 0.717) is 29.5 Å². The van der Waals surface area contributed by atoms with Gasteiger partial charge in [-0.2, -0.15) is 0 Å². The lowest BCUT2D eigenvalue weighted by Gasteiger charge is -2.10. The van der Waals surface area contributed by atoms with E-state index in [9.17, 15) is 9.59 Å². The maximum absolute atomic E-state index is 12.1. The van der Waals surface area contributed by atoms with E-state index in [2.05, 4.69) is 5.32 Å². The standard InChI is InChI=1S/C18H18ClNO4/c1-2-23-16-6-4-3-5-15(16)18(22)24-12-17(21)20-11-13-7-9-14(19)10-8-13/h3-10H,2,11-12H2,1H3,(H,20,21). The third kappa shape index (κ3) is 5.28. The summed E-state index contributed by atoms with van der Waals surface area (Å²) in [5.74, 6) is -0.542. The fourth-order valence-corrected chi connectivity index (χ4v) is 2.11. The smallest absolute Gasteiger partial charge is 0.342 e. The molecular weight excluding hydrogens is 330 g/mol. The summed E-state index contributed by atoms with van der Waals surface area (Å²) in [6.07, 6.45) is 0. The van der Waals surface area contributed by atoms with Gasteiger partial charge in [0.15, 0.2) is 6.61 Å². The molecular formula is C18H18ClNO4. The number of carbonyl (C=O) groups excluding carboxylic acids is 2. The monoisotopic (exact) mass is 347 g/mol. The van der Waals surface area contributed by atoms with Gasteiger partial charge in [0.2, 0.25) is 0 Å². The van der Waals surface area contributed by atoms with Crippen molar-refractivity contribution in [1.29, 1.82) is 0 Å². The van der Waals surface area contributed by atoms with Gasteiger partial charge in [-0.1, -0.05) is 35.9 Å². The lowest BCUT2D eigenvalue weighted by atomic mass is 10.2. The first kappa shape index (κ1) is 17.8. The van der Waals surface area contributed by atoms with Crippen molar-refractivity contribution in [3.8, 4) is 5.75 Å². The van der Waals surface area contributed by atoms with Crippen molar-refractivity contribution in [2.45, 2.75) is 13.5 Å². The molecule has 0 atom stereocenters. The van der Waals surface area contributed by atoms with Crippen molar-refractivity contribution >= 4 is 23.5 Å². The molecule has 0 aliphatic carbocycles. The van der Waals surface area contributed by atoms with Crippen LogP contribution in [0.1, 0.15) is 22.8 Å². The van der Waals surface area contributed by atoms with E-state index in [4.69, 9.17) is 21.1 Å². The first-order valence-electron chi connectivity index (χ1n) is 7.50. The van der Waals surface area contributed by atoms with Crippen molar-refractivity contribution < 1.29 is 19.1 Å². The van der Waals surface area contributed by atoms with Gasteiger partial charge in [-0.05, 0) is 36.8 Å². The maximum Gasteiger partial charge on any atom is 0.342 e. The summed E-state index contributed by atoms with van der Waals surface area (Å²) in [4.78, 5) is 23.8. The normalized spacial score (nSPS) is 10.1. The molecule has 6 heteroatoms. The lowest BCUT2D eigenvalue weighted by Crippen LogP contribution is -2.28. The van der Waals surface area contributed by atoms with Gasteiger partial charge in [0.05, 0.1) is 6.61 Å². The summed E-state index contributed by atoms with van der Waals surface area (Å²) in [6.45, 7) is 2.24. The van der Waals surface area contributed by atoms with Crippen molar-refractivity contribution in [2.75, 3.05) is 13.2 Å². The van der Waals surface area contributed by atoms with Crippen LogP contribution in [0.2, 0.25) is 5.02 Å². The average molecular weight is 348 g/mol. The Balaban J connectivity index is 1.83. The third-order valence-electron chi connectivity index (χ3n) is 3.14. The Labute approximate surface area is 145 Å². The molecule has 126 valence electrons. The summed E-state index contributed by atoms with van der Waals surface area (Å²) in [6, 6.07) is 13.9. The van der Waals surface area contributed by atoms with Crippen molar-refractivity contribution in [3.63, 3.8) is 0 Å². The summed E-state index contributed by atoms with van der Waals surface area (Å²) in [5, 5.41) is 3.31. The van der Waals surface area contributed by atoms with Gasteiger partial charge in [-0.25, -0.2) is 4.79 Å². The molecule has 0 spiro atoms. The Morgan fingerprint density at radius 2 is 1.79 bits per heavy atom. The van der Waals surface area contributed by atoms with E-state index in [1.165, 1.54) is 0 Å². The van der Waals surface area contributed by atoms with Crippen LogP contribution in [0.15, 0.2) is 48.5 Å². The molecule has 0 heterocycles. The SMILES string of the molecule is CCOc1ccccc1C(=O)OCC(=O)NCc1ccc(Cl)cc1. The average Bonchev–Trinajstić information content (AvgIpc) is 2.60. The van der Waals surface area contributed by atoms with Gasteiger partial charge in [0.1, 0.15) is 11.3 Å². The molecule has 0 unspecified atom stereocenters. The highest BCUT2D eigenvalue weighted by Crippen LogP contribution is 2.18. The predicted molar refractivity (Wildman–Crippen MR) is 91.2 cm³/mol. The van der Waals surface area contributed by atoms with E-state index in [1.807, 2.05) is 19.1 Å². The van der Waals surface area contributed by atoms with Crippen molar-refractivity contribution in [2.24, 2.45) is 0 Å². The zero-order valence-electron chi connectivity index (χ0n) is 13.3. The molecule has 0 fully saturated rings. The Bertz CT molecular complexity index is 700. The molecule has 0 aliphatic rings. The molecule has 2 aromatic carbocycles. The van der Waals surface area contributed by atoms with E-state index < -0.39 is 5.97 Å². The Morgan fingerprint density at radius 3 is 2.50 bits per heavy atom. The Hall–Kier alpha value is -2.53. The highest BCUT2D eigenvalue weighted by molar-refractivity contribution is 6.30. The molecule has 1 amide bonds. The van der Waals surface area contributed by atoms with Crippen molar-refractivity contribution in [3.05, 3.63) is 64.7 Å². The second kappa shape index (κ2) is 8.93. The Kier molecular flexibility index (Phi) is 6.63.